The van der Waals surface area contributed by atoms with E-state index >= 15 is 0 Å². The molecule has 0 saturated heterocycles. The summed E-state index contributed by atoms with van der Waals surface area (Å²) in [5.41, 5.74) is 0.0794. The molecule has 0 amide bonds. The maximum absolute atomic E-state index is 11.2. The lowest BCUT2D eigenvalue weighted by Gasteiger charge is -2.04. The molecule has 0 fully saturated rings. The van der Waals surface area contributed by atoms with Crippen molar-refractivity contribution in [3.05, 3.63) is 23.8 Å². The Balaban J connectivity index is 3.36. The van der Waals surface area contributed by atoms with E-state index in [0.29, 0.717) is 0 Å². The van der Waals surface area contributed by atoms with Crippen molar-refractivity contribution in [2.24, 2.45) is 0 Å². The van der Waals surface area contributed by atoms with Gasteiger partial charge in [-0.3, -0.25) is 0 Å². The van der Waals surface area contributed by atoms with Gasteiger partial charge in [-0.05, 0) is 18.2 Å². The van der Waals surface area contributed by atoms with Crippen LogP contribution in [0.25, 0.3) is 0 Å². The molecule has 0 unspecified atom stereocenters. The van der Waals surface area contributed by atoms with Crippen molar-refractivity contribution in [2.45, 2.75) is 4.90 Å². The Hall–Kier alpha value is -1.56. The molecule has 0 bridgehead atoms. The van der Waals surface area contributed by atoms with Crippen LogP contribution < -0.4 is 0 Å². The lowest BCUT2D eigenvalue weighted by molar-refractivity contribution is 0.0600. The first-order valence-corrected chi connectivity index (χ1v) is 5.87. The quantitative estimate of drug-likeness (QED) is 0.752. The largest absolute Gasteiger partial charge is 0.507 e. The number of methoxy groups -OCH3 is 1. The number of aromatic hydroxyl groups is 1. The van der Waals surface area contributed by atoms with Gasteiger partial charge in [0.2, 0.25) is 0 Å². The molecule has 0 heterocycles. The van der Waals surface area contributed by atoms with Gasteiger partial charge in [0, 0.05) is 6.26 Å². The zero-order chi connectivity index (χ0) is 11.6. The molecule has 6 heteroatoms. The predicted molar refractivity (Wildman–Crippen MR) is 52.6 cm³/mol. The number of esters is 1. The van der Waals surface area contributed by atoms with Gasteiger partial charge in [-0.25, -0.2) is 13.2 Å². The van der Waals surface area contributed by atoms with E-state index in [9.17, 15) is 18.3 Å². The molecule has 0 aromatic heterocycles. The Bertz CT molecular complexity index is 489. The highest BCUT2D eigenvalue weighted by molar-refractivity contribution is 7.90. The highest BCUT2D eigenvalue weighted by Gasteiger charge is 2.16. The number of carbonyl (C=O) groups excluding carboxylic acids is 1. The van der Waals surface area contributed by atoms with E-state index in [-0.39, 0.29) is 16.2 Å². The minimum Gasteiger partial charge on any atom is -0.507 e. The zero-order valence-electron chi connectivity index (χ0n) is 8.22. The van der Waals surface area contributed by atoms with Gasteiger partial charge in [0.15, 0.2) is 9.84 Å². The van der Waals surface area contributed by atoms with E-state index in [2.05, 4.69) is 4.74 Å². The lowest BCUT2D eigenvalue weighted by Crippen LogP contribution is -2.04. The number of phenols is 1. The van der Waals surface area contributed by atoms with Crippen molar-refractivity contribution in [2.75, 3.05) is 13.4 Å². The molecule has 0 aliphatic carbocycles. The van der Waals surface area contributed by atoms with Crippen LogP contribution in [0.1, 0.15) is 10.4 Å². The van der Waals surface area contributed by atoms with Crippen LogP contribution in [0.15, 0.2) is 23.1 Å². The molecule has 0 aliphatic heterocycles. The van der Waals surface area contributed by atoms with Crippen LogP contribution in [0.2, 0.25) is 0 Å². The van der Waals surface area contributed by atoms with Crippen LogP contribution >= 0.6 is 0 Å². The van der Waals surface area contributed by atoms with Crippen molar-refractivity contribution >= 4 is 15.8 Å². The van der Waals surface area contributed by atoms with Crippen molar-refractivity contribution in [1.29, 1.82) is 0 Å². The fourth-order valence-corrected chi connectivity index (χ4v) is 1.84. The molecule has 1 rings (SSSR count). The van der Waals surface area contributed by atoms with Gasteiger partial charge < -0.3 is 9.84 Å². The third kappa shape index (κ3) is 2.47. The van der Waals surface area contributed by atoms with Crippen molar-refractivity contribution in [3.8, 4) is 5.75 Å². The van der Waals surface area contributed by atoms with E-state index in [1.165, 1.54) is 13.2 Å². The minimum absolute atomic E-state index is 0.0794. The first kappa shape index (κ1) is 11.5. The molecule has 1 N–H and O–H groups in total. The van der Waals surface area contributed by atoms with Gasteiger partial charge in [0.05, 0.1) is 12.7 Å². The lowest BCUT2D eigenvalue weighted by atomic mass is 10.2. The first-order chi connectivity index (χ1) is 6.86. The summed E-state index contributed by atoms with van der Waals surface area (Å²) < 4.78 is 26.8. The molecule has 5 nitrogen and oxygen atoms in total. The topological polar surface area (TPSA) is 80.7 Å². The second-order valence-electron chi connectivity index (χ2n) is 2.95. The van der Waals surface area contributed by atoms with E-state index < -0.39 is 15.8 Å². The van der Waals surface area contributed by atoms with Crippen molar-refractivity contribution in [3.63, 3.8) is 0 Å². The number of benzene rings is 1. The van der Waals surface area contributed by atoms with Gasteiger partial charge >= 0.3 is 5.97 Å². The van der Waals surface area contributed by atoms with E-state index in [1.807, 2.05) is 0 Å². The Morgan fingerprint density at radius 2 is 2.00 bits per heavy atom. The SMILES string of the molecule is COC(=O)c1ccc(O)c(S(C)(=O)=O)c1. The van der Waals surface area contributed by atoms with Gasteiger partial charge in [-0.1, -0.05) is 0 Å². The molecule has 0 spiro atoms. The van der Waals surface area contributed by atoms with Gasteiger partial charge in [0.1, 0.15) is 10.6 Å². The fraction of sp³-hybridized carbons (Fsp3) is 0.222. The summed E-state index contributed by atoms with van der Waals surface area (Å²) in [6.45, 7) is 0. The summed E-state index contributed by atoms with van der Waals surface area (Å²) in [4.78, 5) is 10.8. The Morgan fingerprint density at radius 1 is 1.40 bits per heavy atom. The standard InChI is InChI=1S/C9H10O5S/c1-14-9(11)6-3-4-7(10)8(5-6)15(2,12)13/h3-5,10H,1-2H3. The molecule has 1 aromatic rings. The summed E-state index contributed by atoms with van der Waals surface area (Å²) in [6.07, 6.45) is 0.948. The van der Waals surface area contributed by atoms with Crippen LogP contribution in [0.4, 0.5) is 0 Å². The number of sulfone groups is 1. The Morgan fingerprint density at radius 3 is 2.47 bits per heavy atom. The monoisotopic (exact) mass is 230 g/mol. The number of carbonyl (C=O) groups is 1. The van der Waals surface area contributed by atoms with Gasteiger partial charge in [-0.15, -0.1) is 0 Å². The van der Waals surface area contributed by atoms with Crippen LogP contribution in [-0.2, 0) is 14.6 Å². The number of hydrogen-bond acceptors (Lipinski definition) is 5. The maximum Gasteiger partial charge on any atom is 0.337 e. The van der Waals surface area contributed by atoms with Crippen LogP contribution in [0.5, 0.6) is 5.75 Å². The average Bonchev–Trinajstić information content (AvgIpc) is 2.15. The maximum atomic E-state index is 11.2. The average molecular weight is 230 g/mol. The molecule has 0 saturated carbocycles. The predicted octanol–water partition coefficient (Wildman–Crippen LogP) is 0.582. The Labute approximate surface area is 87.2 Å². The third-order valence-electron chi connectivity index (χ3n) is 1.78. The number of rotatable bonds is 2. The molecule has 82 valence electrons. The molecule has 0 aliphatic rings. The molecular formula is C9H10O5S. The van der Waals surface area contributed by atoms with Crippen molar-refractivity contribution < 1.29 is 23.1 Å². The number of hydrogen-bond donors (Lipinski definition) is 1. The van der Waals surface area contributed by atoms with Crippen LogP contribution in [0, 0.1) is 0 Å². The summed E-state index contributed by atoms with van der Waals surface area (Å²) in [5, 5.41) is 9.29. The van der Waals surface area contributed by atoms with E-state index in [1.54, 1.807) is 0 Å². The second kappa shape index (κ2) is 3.90. The second-order valence-corrected chi connectivity index (χ2v) is 4.93. The Kier molecular flexibility index (Phi) is 2.99. The zero-order valence-corrected chi connectivity index (χ0v) is 9.04. The van der Waals surface area contributed by atoms with Crippen LogP contribution in [0.3, 0.4) is 0 Å². The summed E-state index contributed by atoms with van der Waals surface area (Å²) in [7, 11) is -2.37. The summed E-state index contributed by atoms with van der Waals surface area (Å²) in [5.74, 6) is -1.04. The molecule has 15 heavy (non-hydrogen) atoms. The van der Waals surface area contributed by atoms with Crippen molar-refractivity contribution in [1.82, 2.24) is 0 Å². The highest BCUT2D eigenvalue weighted by atomic mass is 32.2. The summed E-state index contributed by atoms with van der Waals surface area (Å²) in [6, 6.07) is 3.51. The normalized spacial score (nSPS) is 11.1. The number of ether oxygens (including phenoxy) is 1. The molecular weight excluding hydrogens is 220 g/mol. The molecule has 0 atom stereocenters. The minimum atomic E-state index is -3.56. The highest BCUT2D eigenvalue weighted by Crippen LogP contribution is 2.23. The third-order valence-corrected chi connectivity index (χ3v) is 2.91. The van der Waals surface area contributed by atoms with Crippen LogP contribution in [-0.4, -0.2) is 32.9 Å². The number of phenolic OH excluding ortho intramolecular Hbond substituents is 1. The molecule has 0 radical (unpaired) electrons. The summed E-state index contributed by atoms with van der Waals surface area (Å²) >= 11 is 0. The van der Waals surface area contributed by atoms with E-state index in [4.69, 9.17) is 0 Å². The smallest absolute Gasteiger partial charge is 0.337 e. The van der Waals surface area contributed by atoms with Gasteiger partial charge in [0.25, 0.3) is 0 Å². The van der Waals surface area contributed by atoms with Gasteiger partial charge in [-0.2, -0.15) is 0 Å². The molecule has 1 aromatic carbocycles. The van der Waals surface area contributed by atoms with E-state index in [0.717, 1.165) is 18.4 Å². The first-order valence-electron chi connectivity index (χ1n) is 3.97. The fourth-order valence-electron chi connectivity index (χ4n) is 1.06.